The third-order valence-corrected chi connectivity index (χ3v) is 15.1. The number of rotatable bonds is 13. The van der Waals surface area contributed by atoms with Gasteiger partial charge in [-0.3, -0.25) is 24.2 Å². The molecule has 2 aromatic heterocycles. The van der Waals surface area contributed by atoms with Gasteiger partial charge in [-0.25, -0.2) is 22.4 Å². The summed E-state index contributed by atoms with van der Waals surface area (Å²) >= 11 is 3.13. The van der Waals surface area contributed by atoms with Crippen LogP contribution in [0.1, 0.15) is 148 Å². The Morgan fingerprint density at radius 2 is 1.09 bits per heavy atom. The molecule has 4 aliphatic rings. The van der Waals surface area contributed by atoms with Crippen LogP contribution in [0.5, 0.6) is 0 Å². The van der Waals surface area contributed by atoms with E-state index in [0.717, 1.165) is 101 Å². The Morgan fingerprint density at radius 1 is 0.691 bits per heavy atom. The highest BCUT2D eigenvalue weighted by Crippen LogP contribution is 2.38. The maximum atomic E-state index is 13.4. The molecular weight excluding hydrogens is 913 g/mol. The van der Waals surface area contributed by atoms with E-state index < -0.39 is 11.8 Å². The van der Waals surface area contributed by atoms with Gasteiger partial charge in [0.1, 0.15) is 0 Å². The molecule has 0 saturated carbocycles. The van der Waals surface area contributed by atoms with E-state index >= 15 is 0 Å². The Labute approximate surface area is 409 Å². The van der Waals surface area contributed by atoms with E-state index in [4.69, 9.17) is 10.5 Å². The van der Waals surface area contributed by atoms with Crippen LogP contribution in [-0.4, -0.2) is 105 Å². The van der Waals surface area contributed by atoms with E-state index in [0.29, 0.717) is 62.3 Å². The summed E-state index contributed by atoms with van der Waals surface area (Å²) in [7, 11) is 1.39. The van der Waals surface area contributed by atoms with Gasteiger partial charge >= 0.3 is 5.97 Å². The summed E-state index contributed by atoms with van der Waals surface area (Å²) in [4.78, 5) is 54.2. The van der Waals surface area contributed by atoms with Crippen molar-refractivity contribution in [2.45, 2.75) is 132 Å². The van der Waals surface area contributed by atoms with Crippen LogP contribution < -0.4 is 11.1 Å². The van der Waals surface area contributed by atoms with E-state index in [1.54, 1.807) is 22.7 Å². The monoisotopic (exact) mass is 984 g/mol. The number of thiophene rings is 2. The summed E-state index contributed by atoms with van der Waals surface area (Å²) < 4.78 is 57.9. The molecule has 0 atom stereocenters. The van der Waals surface area contributed by atoms with Gasteiger partial charge in [0.25, 0.3) is 17.8 Å². The third-order valence-electron chi connectivity index (χ3n) is 12.8. The first-order valence-electron chi connectivity index (χ1n) is 23.6. The third kappa shape index (κ3) is 15.6. The number of carbonyl (C=O) groups is 4. The molecule has 0 radical (unpaired) electrons. The number of halogens is 4. The topological polar surface area (TPSA) is 122 Å². The number of hydrogen-bond donors (Lipinski definition) is 2. The Morgan fingerprint density at radius 3 is 1.46 bits per heavy atom. The molecule has 68 heavy (non-hydrogen) atoms. The molecule has 2 saturated heterocycles. The van der Waals surface area contributed by atoms with Gasteiger partial charge in [0, 0.05) is 97.6 Å². The first kappa shape index (κ1) is 56.3. The lowest BCUT2D eigenvalue weighted by molar-refractivity contribution is -0.115. The van der Waals surface area contributed by atoms with Crippen molar-refractivity contribution in [3.63, 3.8) is 0 Å². The van der Waals surface area contributed by atoms with E-state index in [1.807, 2.05) is 74.3 Å². The van der Waals surface area contributed by atoms with E-state index in [-0.39, 0.29) is 43.1 Å². The molecule has 0 spiro atoms. The number of esters is 1. The number of nitrogens with one attached hydrogen (secondary N) is 1. The highest BCUT2D eigenvalue weighted by atomic mass is 32.1. The first-order valence-corrected chi connectivity index (χ1v) is 25.3. The summed E-state index contributed by atoms with van der Waals surface area (Å²) in [5.74, 6) is -5.54. The molecule has 0 unspecified atom stereocenters. The van der Waals surface area contributed by atoms with Gasteiger partial charge in [-0.2, -0.15) is 0 Å². The van der Waals surface area contributed by atoms with E-state index in [2.05, 4.69) is 19.2 Å². The quantitative estimate of drug-likeness (QED) is 0.150. The zero-order chi connectivity index (χ0) is 50.7. The predicted molar refractivity (Wildman–Crippen MR) is 270 cm³/mol. The summed E-state index contributed by atoms with van der Waals surface area (Å²) in [5.41, 5.74) is 19.3. The van der Waals surface area contributed by atoms with E-state index in [9.17, 15) is 36.7 Å². The van der Waals surface area contributed by atoms with Crippen molar-refractivity contribution in [3.8, 4) is 0 Å². The summed E-state index contributed by atoms with van der Waals surface area (Å²) in [6, 6.07) is 0. The van der Waals surface area contributed by atoms with Crippen molar-refractivity contribution in [1.29, 1.82) is 0 Å². The van der Waals surface area contributed by atoms with Gasteiger partial charge in [0.15, 0.2) is 11.6 Å². The molecular formula is C53H72F4N4O5S2. The lowest BCUT2D eigenvalue weighted by Crippen LogP contribution is -2.39. The van der Waals surface area contributed by atoms with Crippen LogP contribution >= 0.6 is 22.7 Å². The van der Waals surface area contributed by atoms with Crippen LogP contribution in [0.25, 0.3) is 11.1 Å². The number of nitrogens with two attached hydrogens (primary N) is 1. The Hall–Kier alpha value is -4.28. The number of amides is 1. The molecule has 2 fully saturated rings. The van der Waals surface area contributed by atoms with Gasteiger partial charge in [0.2, 0.25) is 0 Å². The SMILES string of the molecule is CC1=CC(C)=C(CN)C(=O)C1.CCC(=C1CCN(CC(C)(F)F)CC1)c1scc(C(=O)NCC2=C(C)C=C(C)CC2=O)c1C.CCC(=C1CCN(CC(C)(F)F)CC1)c1scc(C(=O)OC)c1C. The van der Waals surface area contributed by atoms with Crippen molar-refractivity contribution in [2.24, 2.45) is 5.73 Å². The highest BCUT2D eigenvalue weighted by molar-refractivity contribution is 7.12. The van der Waals surface area contributed by atoms with Gasteiger partial charge in [0.05, 0.1) is 31.3 Å². The van der Waals surface area contributed by atoms with Gasteiger partial charge in [-0.1, -0.05) is 48.3 Å². The Bertz CT molecular complexity index is 2370. The average Bonchev–Trinajstić information content (AvgIpc) is 3.82. The molecule has 2 aliphatic heterocycles. The number of ketones is 2. The van der Waals surface area contributed by atoms with Crippen molar-refractivity contribution in [2.75, 3.05) is 59.5 Å². The number of carbonyl (C=O) groups excluding carboxylic acids is 4. The van der Waals surface area contributed by atoms with Gasteiger partial charge < -0.3 is 15.8 Å². The fraction of sp³-hybridized carbons (Fsp3) is 0.547. The number of piperidine rings is 2. The first-order chi connectivity index (χ1) is 31.9. The highest BCUT2D eigenvalue weighted by Gasteiger charge is 2.30. The molecule has 0 aromatic carbocycles. The molecule has 0 bridgehead atoms. The van der Waals surface area contributed by atoms with Crippen molar-refractivity contribution in [3.05, 3.63) is 99.5 Å². The second kappa shape index (κ2) is 25.0. The van der Waals surface area contributed by atoms with Crippen molar-refractivity contribution >= 4 is 57.3 Å². The molecule has 1 amide bonds. The number of alkyl halides is 4. The number of likely N-dealkylation sites (tertiary alicyclic amines) is 2. The second-order valence-corrected chi connectivity index (χ2v) is 20.4. The molecule has 15 heteroatoms. The minimum atomic E-state index is -2.67. The van der Waals surface area contributed by atoms with Crippen molar-refractivity contribution in [1.82, 2.24) is 15.1 Å². The molecule has 9 nitrogen and oxygen atoms in total. The second-order valence-electron chi connectivity index (χ2n) is 18.7. The number of nitrogens with zero attached hydrogens (tertiary/aromatic N) is 2. The standard InChI is InChI=1S/C26H34F2N2O2S.C18H25F2NO2S.C9H13NO/c1-6-20(19-7-9-30(10-8-19)15-26(5,27)28)24-18(4)22(14-33-24)25(32)29-13-21-17(3)11-16(2)12-23(21)31;1-5-14(16-12(2)15(10-24-16)17(22)23-4)13-6-8-21(9-7-13)11-18(3,19)20;1-6-3-7(2)8(5-10)9(11)4-6/h11,14H,6-10,12-13,15H2,1-5H3,(H,29,32);10H,5-9,11H2,1-4H3;3H,4-5,10H2,1-2H3. The molecule has 4 heterocycles. The summed E-state index contributed by atoms with van der Waals surface area (Å²) in [5, 5.41) is 6.66. The minimum absolute atomic E-state index is 0.0701. The minimum Gasteiger partial charge on any atom is -0.465 e. The molecule has 6 rings (SSSR count). The largest absolute Gasteiger partial charge is 0.465 e. The number of hydrogen-bond acceptors (Lipinski definition) is 10. The molecule has 2 aromatic rings. The number of Topliss-reactive ketones (excluding diaryl/α,β-unsaturated/α-hetero) is 2. The number of allylic oxidation sites excluding steroid dienone is 8. The van der Waals surface area contributed by atoms with Gasteiger partial charge in [-0.05, 0) is 113 Å². The smallest absolute Gasteiger partial charge is 0.338 e. The Kier molecular flexibility index (Phi) is 20.7. The lowest BCUT2D eigenvalue weighted by Gasteiger charge is -2.31. The predicted octanol–water partition coefficient (Wildman–Crippen LogP) is 11.9. The van der Waals surface area contributed by atoms with Crippen LogP contribution in [0, 0.1) is 13.8 Å². The number of methoxy groups -OCH3 is 1. The van der Waals surface area contributed by atoms with Crippen LogP contribution in [0.4, 0.5) is 17.6 Å². The molecule has 2 aliphatic carbocycles. The van der Waals surface area contributed by atoms with Crippen LogP contribution in [0.15, 0.2) is 67.5 Å². The molecule has 3 N–H and O–H groups in total. The zero-order valence-electron chi connectivity index (χ0n) is 42.0. The molecule has 374 valence electrons. The summed E-state index contributed by atoms with van der Waals surface area (Å²) in [6.07, 6.45) is 9.88. The average molecular weight is 985 g/mol. The summed E-state index contributed by atoms with van der Waals surface area (Å²) in [6.45, 7) is 20.6. The maximum Gasteiger partial charge on any atom is 0.338 e. The van der Waals surface area contributed by atoms with Crippen LogP contribution in [-0.2, 0) is 14.3 Å². The maximum absolute atomic E-state index is 13.4. The zero-order valence-corrected chi connectivity index (χ0v) is 43.6. The van der Waals surface area contributed by atoms with Crippen LogP contribution in [0.2, 0.25) is 0 Å². The number of ether oxygens (including phenoxy) is 1. The van der Waals surface area contributed by atoms with Crippen molar-refractivity contribution < 1.29 is 41.5 Å². The fourth-order valence-corrected chi connectivity index (χ4v) is 11.9. The van der Waals surface area contributed by atoms with Crippen LogP contribution in [0.3, 0.4) is 0 Å². The van der Waals surface area contributed by atoms with Gasteiger partial charge in [-0.15, -0.1) is 22.7 Å². The Balaban J connectivity index is 0.000000250. The van der Waals surface area contributed by atoms with E-state index in [1.165, 1.54) is 29.4 Å². The fourth-order valence-electron chi connectivity index (χ4n) is 9.41. The normalized spacial score (nSPS) is 17.5. The lowest BCUT2D eigenvalue weighted by atomic mass is 9.92.